The molecule has 0 spiro atoms. The Balaban J connectivity index is 2.23. The summed E-state index contributed by atoms with van der Waals surface area (Å²) in [7, 11) is 0. The van der Waals surface area contributed by atoms with Crippen LogP contribution in [0.1, 0.15) is 42.5 Å². The highest BCUT2D eigenvalue weighted by molar-refractivity contribution is 5.32. The molecule has 1 atom stereocenters. The van der Waals surface area contributed by atoms with Gasteiger partial charge in [-0.3, -0.25) is 4.98 Å². The zero-order valence-electron chi connectivity index (χ0n) is 10.3. The van der Waals surface area contributed by atoms with Gasteiger partial charge in [-0.05, 0) is 34.7 Å². The summed E-state index contributed by atoms with van der Waals surface area (Å²) in [5.74, 6) is 0.557. The van der Waals surface area contributed by atoms with Crippen molar-refractivity contribution in [3.8, 4) is 0 Å². The minimum absolute atomic E-state index is 0.0702. The van der Waals surface area contributed by atoms with Gasteiger partial charge in [-0.15, -0.1) is 0 Å². The number of aromatic nitrogens is 1. The van der Waals surface area contributed by atoms with Crippen LogP contribution in [0.3, 0.4) is 0 Å². The highest BCUT2D eigenvalue weighted by Gasteiger charge is 2.08. The molecule has 0 amide bonds. The van der Waals surface area contributed by atoms with E-state index in [0.29, 0.717) is 5.92 Å². The van der Waals surface area contributed by atoms with Crippen molar-refractivity contribution < 1.29 is 0 Å². The number of nitrogens with two attached hydrogens (primary N) is 1. The minimum atomic E-state index is -0.0702. The van der Waals surface area contributed by atoms with E-state index in [9.17, 15) is 0 Å². The molecule has 0 aliphatic heterocycles. The van der Waals surface area contributed by atoms with E-state index < -0.39 is 0 Å². The Kier molecular flexibility index (Phi) is 3.55. The van der Waals surface area contributed by atoms with Gasteiger partial charge in [0.25, 0.3) is 0 Å². The van der Waals surface area contributed by atoms with E-state index in [4.69, 9.17) is 5.73 Å². The van der Waals surface area contributed by atoms with Crippen LogP contribution in [0, 0.1) is 0 Å². The molecule has 0 saturated heterocycles. The molecule has 2 heteroatoms. The van der Waals surface area contributed by atoms with Crippen molar-refractivity contribution in [2.75, 3.05) is 0 Å². The van der Waals surface area contributed by atoms with E-state index in [1.54, 1.807) is 12.4 Å². The lowest BCUT2D eigenvalue weighted by Crippen LogP contribution is -2.11. The van der Waals surface area contributed by atoms with Crippen LogP contribution in [-0.4, -0.2) is 4.98 Å². The average Bonchev–Trinajstić information content (AvgIpc) is 2.39. The van der Waals surface area contributed by atoms with Gasteiger partial charge in [0.1, 0.15) is 0 Å². The molecule has 1 aromatic carbocycles. The van der Waals surface area contributed by atoms with Crippen molar-refractivity contribution >= 4 is 0 Å². The lowest BCUT2D eigenvalue weighted by Gasteiger charge is -2.13. The van der Waals surface area contributed by atoms with E-state index >= 15 is 0 Å². The van der Waals surface area contributed by atoms with Crippen LogP contribution >= 0.6 is 0 Å². The van der Waals surface area contributed by atoms with E-state index in [2.05, 4.69) is 43.1 Å². The fraction of sp³-hybridized carbons (Fsp3) is 0.267. The Labute approximate surface area is 103 Å². The zero-order chi connectivity index (χ0) is 12.3. The summed E-state index contributed by atoms with van der Waals surface area (Å²) in [6.07, 6.45) is 3.55. The van der Waals surface area contributed by atoms with Crippen LogP contribution in [0.5, 0.6) is 0 Å². The molecule has 0 fully saturated rings. The highest BCUT2D eigenvalue weighted by atomic mass is 14.7. The summed E-state index contributed by atoms with van der Waals surface area (Å²) in [6.45, 7) is 4.38. The normalized spacial score (nSPS) is 12.7. The van der Waals surface area contributed by atoms with Gasteiger partial charge in [-0.2, -0.15) is 0 Å². The fourth-order valence-electron chi connectivity index (χ4n) is 1.85. The van der Waals surface area contributed by atoms with Gasteiger partial charge in [0.15, 0.2) is 0 Å². The molecule has 1 aromatic heterocycles. The van der Waals surface area contributed by atoms with Gasteiger partial charge in [-0.1, -0.05) is 38.1 Å². The molecule has 2 rings (SSSR count). The second-order valence-corrected chi connectivity index (χ2v) is 4.58. The van der Waals surface area contributed by atoms with Crippen molar-refractivity contribution in [1.82, 2.24) is 4.98 Å². The smallest absolute Gasteiger partial charge is 0.0552 e. The first-order chi connectivity index (χ1) is 8.18. The molecule has 0 bridgehead atoms. The van der Waals surface area contributed by atoms with E-state index in [0.717, 1.165) is 11.1 Å². The molecule has 0 aliphatic rings. The molecule has 0 aliphatic carbocycles. The first kappa shape index (κ1) is 11.8. The summed E-state index contributed by atoms with van der Waals surface area (Å²) >= 11 is 0. The monoisotopic (exact) mass is 226 g/mol. The van der Waals surface area contributed by atoms with Crippen molar-refractivity contribution in [3.63, 3.8) is 0 Å². The third-order valence-corrected chi connectivity index (χ3v) is 3.03. The molecule has 0 radical (unpaired) electrons. The Morgan fingerprint density at radius 2 is 1.29 bits per heavy atom. The standard InChI is InChI=1S/C15H18N2/c1-11(2)12-3-5-13(6-4-12)15(16)14-7-9-17-10-8-14/h3-11,15H,16H2,1-2H3. The number of hydrogen-bond acceptors (Lipinski definition) is 2. The predicted molar refractivity (Wildman–Crippen MR) is 70.8 cm³/mol. The summed E-state index contributed by atoms with van der Waals surface area (Å²) in [4.78, 5) is 4.00. The SMILES string of the molecule is CC(C)c1ccc(C(N)c2ccncc2)cc1. The molecule has 0 saturated carbocycles. The van der Waals surface area contributed by atoms with Crippen LogP contribution < -0.4 is 5.73 Å². The number of pyridine rings is 1. The van der Waals surface area contributed by atoms with Gasteiger partial charge in [0.05, 0.1) is 6.04 Å². The highest BCUT2D eigenvalue weighted by Crippen LogP contribution is 2.21. The Morgan fingerprint density at radius 1 is 0.824 bits per heavy atom. The Bertz CT molecular complexity index is 460. The van der Waals surface area contributed by atoms with Gasteiger partial charge in [-0.25, -0.2) is 0 Å². The maximum absolute atomic E-state index is 6.21. The van der Waals surface area contributed by atoms with Crippen LogP contribution in [-0.2, 0) is 0 Å². The molecule has 2 aromatic rings. The quantitative estimate of drug-likeness (QED) is 0.872. The van der Waals surface area contributed by atoms with Crippen LogP contribution in [0.4, 0.5) is 0 Å². The van der Waals surface area contributed by atoms with E-state index in [-0.39, 0.29) is 6.04 Å². The first-order valence-corrected chi connectivity index (χ1v) is 5.94. The lowest BCUT2D eigenvalue weighted by molar-refractivity contribution is 0.846. The number of rotatable bonds is 3. The van der Waals surface area contributed by atoms with Crippen LogP contribution in [0.25, 0.3) is 0 Å². The molecule has 1 unspecified atom stereocenters. The third-order valence-electron chi connectivity index (χ3n) is 3.03. The zero-order valence-corrected chi connectivity index (χ0v) is 10.3. The van der Waals surface area contributed by atoms with Gasteiger partial charge < -0.3 is 5.73 Å². The van der Waals surface area contributed by atoms with Crippen molar-refractivity contribution in [2.45, 2.75) is 25.8 Å². The van der Waals surface area contributed by atoms with E-state index in [1.807, 2.05) is 12.1 Å². The van der Waals surface area contributed by atoms with Gasteiger partial charge in [0.2, 0.25) is 0 Å². The lowest BCUT2D eigenvalue weighted by atomic mass is 9.96. The van der Waals surface area contributed by atoms with Crippen molar-refractivity contribution in [3.05, 3.63) is 65.5 Å². The largest absolute Gasteiger partial charge is 0.320 e. The molecule has 1 heterocycles. The minimum Gasteiger partial charge on any atom is -0.320 e. The Morgan fingerprint density at radius 3 is 1.82 bits per heavy atom. The Hall–Kier alpha value is -1.67. The molecule has 88 valence electrons. The maximum atomic E-state index is 6.21. The van der Waals surface area contributed by atoms with Crippen molar-refractivity contribution in [2.24, 2.45) is 5.73 Å². The second-order valence-electron chi connectivity index (χ2n) is 4.58. The maximum Gasteiger partial charge on any atom is 0.0552 e. The molecule has 2 N–H and O–H groups in total. The summed E-state index contributed by atoms with van der Waals surface area (Å²) in [6, 6.07) is 12.4. The summed E-state index contributed by atoms with van der Waals surface area (Å²) in [5.41, 5.74) is 9.79. The molecule has 2 nitrogen and oxygen atoms in total. The second kappa shape index (κ2) is 5.11. The molecule has 17 heavy (non-hydrogen) atoms. The molecular weight excluding hydrogens is 208 g/mol. The summed E-state index contributed by atoms with van der Waals surface area (Å²) in [5, 5.41) is 0. The third kappa shape index (κ3) is 2.71. The molecular formula is C15H18N2. The van der Waals surface area contributed by atoms with Gasteiger partial charge in [0, 0.05) is 12.4 Å². The summed E-state index contributed by atoms with van der Waals surface area (Å²) < 4.78 is 0. The first-order valence-electron chi connectivity index (χ1n) is 5.94. The number of hydrogen-bond donors (Lipinski definition) is 1. The topological polar surface area (TPSA) is 38.9 Å². The number of nitrogens with zero attached hydrogens (tertiary/aromatic N) is 1. The number of benzene rings is 1. The van der Waals surface area contributed by atoms with Crippen LogP contribution in [0.2, 0.25) is 0 Å². The predicted octanol–water partition coefficient (Wildman–Crippen LogP) is 3.25. The van der Waals surface area contributed by atoms with Gasteiger partial charge >= 0.3 is 0 Å². The average molecular weight is 226 g/mol. The van der Waals surface area contributed by atoms with E-state index in [1.165, 1.54) is 5.56 Å². The van der Waals surface area contributed by atoms with Crippen molar-refractivity contribution in [1.29, 1.82) is 0 Å². The fourth-order valence-corrected chi connectivity index (χ4v) is 1.85. The van der Waals surface area contributed by atoms with Crippen LogP contribution in [0.15, 0.2) is 48.8 Å².